The average molecular weight is 290 g/mol. The van der Waals surface area contributed by atoms with Gasteiger partial charge in [-0.15, -0.1) is 11.3 Å². The topological polar surface area (TPSA) is 25.8 Å². The minimum absolute atomic E-state index is 0.855. The molecule has 0 atom stereocenters. The van der Waals surface area contributed by atoms with Crippen molar-refractivity contribution in [2.75, 3.05) is 0 Å². The van der Waals surface area contributed by atoms with Crippen LogP contribution in [0, 0.1) is 17.5 Å². The van der Waals surface area contributed by atoms with Crippen molar-refractivity contribution in [1.82, 2.24) is 9.97 Å². The maximum atomic E-state index is 4.39. The Morgan fingerprint density at radius 2 is 2.08 bits per heavy atom. The summed E-state index contributed by atoms with van der Waals surface area (Å²) < 4.78 is 2.27. The third-order valence-corrected chi connectivity index (χ3v) is 3.90. The highest BCUT2D eigenvalue weighted by molar-refractivity contribution is 14.1. The predicted octanol–water partition coefficient (Wildman–Crippen LogP) is 2.91. The molecule has 0 aliphatic heterocycles. The number of hydrogen-bond acceptors (Lipinski definition) is 3. The lowest BCUT2D eigenvalue weighted by atomic mass is 10.3. The molecule has 0 aliphatic rings. The Morgan fingerprint density at radius 3 is 2.83 bits per heavy atom. The normalized spacial score (nSPS) is 10.9. The molecular weight excluding hydrogens is 283 g/mol. The second kappa shape index (κ2) is 2.92. The van der Waals surface area contributed by atoms with E-state index < -0.39 is 0 Å². The van der Waals surface area contributed by atoms with Crippen molar-refractivity contribution in [1.29, 1.82) is 0 Å². The summed E-state index contributed by atoms with van der Waals surface area (Å²) in [6.45, 7) is 4.01. The molecule has 2 aromatic heterocycles. The molecule has 0 aliphatic carbocycles. The molecule has 12 heavy (non-hydrogen) atoms. The third kappa shape index (κ3) is 1.22. The van der Waals surface area contributed by atoms with Crippen molar-refractivity contribution < 1.29 is 0 Å². The van der Waals surface area contributed by atoms with E-state index in [1.807, 2.05) is 6.92 Å². The number of aryl methyl sites for hydroxylation is 2. The first kappa shape index (κ1) is 8.37. The fourth-order valence-electron chi connectivity index (χ4n) is 1.10. The van der Waals surface area contributed by atoms with Crippen molar-refractivity contribution in [2.24, 2.45) is 0 Å². The molecule has 2 rings (SSSR count). The van der Waals surface area contributed by atoms with Gasteiger partial charge in [-0.3, -0.25) is 0 Å². The zero-order chi connectivity index (χ0) is 8.72. The monoisotopic (exact) mass is 290 g/mol. The average Bonchev–Trinajstić information content (AvgIpc) is 2.33. The van der Waals surface area contributed by atoms with E-state index in [1.54, 1.807) is 11.3 Å². The summed E-state index contributed by atoms with van der Waals surface area (Å²) in [5.41, 5.74) is 2.36. The summed E-state index contributed by atoms with van der Waals surface area (Å²) in [6, 6.07) is 0. The molecule has 62 valence electrons. The lowest BCUT2D eigenvalue weighted by Crippen LogP contribution is -1.90. The highest BCUT2D eigenvalue weighted by atomic mass is 127. The van der Waals surface area contributed by atoms with E-state index >= 15 is 0 Å². The van der Waals surface area contributed by atoms with Crippen LogP contribution in [0.5, 0.6) is 0 Å². The molecule has 0 spiro atoms. The Hall–Kier alpha value is -0.230. The van der Waals surface area contributed by atoms with E-state index in [4.69, 9.17) is 0 Å². The van der Waals surface area contributed by atoms with Crippen molar-refractivity contribution in [3.63, 3.8) is 0 Å². The Labute approximate surface area is 88.2 Å². The van der Waals surface area contributed by atoms with E-state index in [0.29, 0.717) is 0 Å². The predicted molar refractivity (Wildman–Crippen MR) is 59.6 cm³/mol. The summed E-state index contributed by atoms with van der Waals surface area (Å²) >= 11 is 3.97. The van der Waals surface area contributed by atoms with Gasteiger partial charge in [-0.05, 0) is 47.4 Å². The molecule has 0 unspecified atom stereocenters. The largest absolute Gasteiger partial charge is 0.232 e. The standard InChI is InChI=1S/C8H7IN2S/c1-4-3-12-7-6(4)10-5(2)11-8(7)9/h3H,1-2H3. The Balaban J connectivity index is 2.92. The number of nitrogens with zero attached hydrogens (tertiary/aromatic N) is 2. The van der Waals surface area contributed by atoms with Gasteiger partial charge in [0.2, 0.25) is 0 Å². The molecule has 0 fully saturated rings. The van der Waals surface area contributed by atoms with Crippen LogP contribution in [0.25, 0.3) is 10.2 Å². The van der Waals surface area contributed by atoms with Crippen molar-refractivity contribution in [3.8, 4) is 0 Å². The molecular formula is C8H7IN2S. The van der Waals surface area contributed by atoms with E-state index in [-0.39, 0.29) is 0 Å². The van der Waals surface area contributed by atoms with Gasteiger partial charge in [0.1, 0.15) is 9.53 Å². The third-order valence-electron chi connectivity index (χ3n) is 1.66. The van der Waals surface area contributed by atoms with Crippen LogP contribution < -0.4 is 0 Å². The fraction of sp³-hybridized carbons (Fsp3) is 0.250. The van der Waals surface area contributed by atoms with Crippen LogP contribution in [-0.4, -0.2) is 9.97 Å². The molecule has 0 radical (unpaired) electrons. The first-order chi connectivity index (χ1) is 5.68. The summed E-state index contributed by atoms with van der Waals surface area (Å²) in [7, 11) is 0. The van der Waals surface area contributed by atoms with Crippen molar-refractivity contribution in [2.45, 2.75) is 13.8 Å². The highest BCUT2D eigenvalue weighted by Gasteiger charge is 2.06. The lowest BCUT2D eigenvalue weighted by molar-refractivity contribution is 1.07. The summed E-state index contributed by atoms with van der Waals surface area (Å²) in [4.78, 5) is 8.69. The number of thiophene rings is 1. The Morgan fingerprint density at radius 1 is 1.33 bits per heavy atom. The Bertz CT molecular complexity index is 436. The second-order valence-corrected chi connectivity index (χ2v) is 4.56. The zero-order valence-corrected chi connectivity index (χ0v) is 9.73. The highest BCUT2D eigenvalue weighted by Crippen LogP contribution is 2.26. The van der Waals surface area contributed by atoms with Crippen LogP contribution in [0.1, 0.15) is 11.4 Å². The first-order valence-corrected chi connectivity index (χ1v) is 5.52. The van der Waals surface area contributed by atoms with E-state index in [0.717, 1.165) is 15.0 Å². The number of aromatic nitrogens is 2. The van der Waals surface area contributed by atoms with Gasteiger partial charge in [0.25, 0.3) is 0 Å². The molecule has 4 heteroatoms. The van der Waals surface area contributed by atoms with Crippen molar-refractivity contribution >= 4 is 44.1 Å². The van der Waals surface area contributed by atoms with Gasteiger partial charge in [0, 0.05) is 0 Å². The molecule has 0 amide bonds. The van der Waals surface area contributed by atoms with Gasteiger partial charge in [-0.1, -0.05) is 0 Å². The van der Waals surface area contributed by atoms with E-state index in [1.165, 1.54) is 10.3 Å². The smallest absolute Gasteiger partial charge is 0.127 e. The molecule has 2 aromatic rings. The van der Waals surface area contributed by atoms with Gasteiger partial charge in [-0.25, -0.2) is 9.97 Å². The maximum absolute atomic E-state index is 4.39. The molecule has 2 heterocycles. The molecule has 0 aromatic carbocycles. The number of hydrogen-bond donors (Lipinski definition) is 0. The first-order valence-electron chi connectivity index (χ1n) is 3.56. The van der Waals surface area contributed by atoms with Crippen LogP contribution in [0.2, 0.25) is 0 Å². The second-order valence-electron chi connectivity index (χ2n) is 2.66. The van der Waals surface area contributed by atoms with Gasteiger partial charge in [-0.2, -0.15) is 0 Å². The Kier molecular flexibility index (Phi) is 2.04. The van der Waals surface area contributed by atoms with E-state index in [9.17, 15) is 0 Å². The van der Waals surface area contributed by atoms with Gasteiger partial charge < -0.3 is 0 Å². The minimum Gasteiger partial charge on any atom is -0.232 e. The lowest BCUT2D eigenvalue weighted by Gasteiger charge is -1.95. The zero-order valence-electron chi connectivity index (χ0n) is 6.76. The molecule has 0 saturated heterocycles. The fourth-order valence-corrected chi connectivity index (χ4v) is 2.96. The maximum Gasteiger partial charge on any atom is 0.127 e. The van der Waals surface area contributed by atoms with Gasteiger partial charge in [0.05, 0.1) is 10.2 Å². The van der Waals surface area contributed by atoms with E-state index in [2.05, 4.69) is 44.9 Å². The summed E-state index contributed by atoms with van der Waals surface area (Å²) in [5, 5.41) is 2.13. The molecule has 2 nitrogen and oxygen atoms in total. The van der Waals surface area contributed by atoms with Gasteiger partial charge in [0.15, 0.2) is 0 Å². The quantitative estimate of drug-likeness (QED) is 0.551. The summed E-state index contributed by atoms with van der Waals surface area (Å²) in [5.74, 6) is 0.855. The summed E-state index contributed by atoms with van der Waals surface area (Å²) in [6.07, 6.45) is 0. The molecule has 0 bridgehead atoms. The van der Waals surface area contributed by atoms with Crippen LogP contribution in [-0.2, 0) is 0 Å². The molecule has 0 saturated carbocycles. The number of fused-ring (bicyclic) bond motifs is 1. The van der Waals surface area contributed by atoms with Crippen LogP contribution in [0.4, 0.5) is 0 Å². The molecule has 0 N–H and O–H groups in total. The van der Waals surface area contributed by atoms with Crippen LogP contribution in [0.15, 0.2) is 5.38 Å². The number of rotatable bonds is 0. The van der Waals surface area contributed by atoms with Gasteiger partial charge >= 0.3 is 0 Å². The van der Waals surface area contributed by atoms with Crippen LogP contribution in [0.3, 0.4) is 0 Å². The minimum atomic E-state index is 0.855. The van der Waals surface area contributed by atoms with Crippen LogP contribution >= 0.6 is 33.9 Å². The SMILES string of the molecule is Cc1nc(I)c2scc(C)c2n1. The van der Waals surface area contributed by atoms with Crippen molar-refractivity contribution in [3.05, 3.63) is 20.5 Å². The number of halogens is 1.